The van der Waals surface area contributed by atoms with Crippen LogP contribution in [0.4, 0.5) is 0 Å². The van der Waals surface area contributed by atoms with Gasteiger partial charge in [-0.15, -0.1) is 0 Å². The van der Waals surface area contributed by atoms with Crippen LogP contribution in [-0.4, -0.2) is 10.7 Å². The molecule has 0 unspecified atom stereocenters. The van der Waals surface area contributed by atoms with E-state index in [1.165, 1.54) is 0 Å². The Bertz CT molecular complexity index is 169. The Labute approximate surface area is 61.5 Å². The van der Waals surface area contributed by atoms with Gasteiger partial charge in [0.15, 0.2) is 0 Å². The zero-order chi connectivity index (χ0) is 7.83. The van der Waals surface area contributed by atoms with Crippen LogP contribution in [0.1, 0.15) is 33.1 Å². The Morgan fingerprint density at radius 1 is 1.50 bits per heavy atom. The summed E-state index contributed by atoms with van der Waals surface area (Å²) >= 11 is 0. The first-order valence-electron chi connectivity index (χ1n) is 3.65. The summed E-state index contributed by atoms with van der Waals surface area (Å²) in [4.78, 5) is 0. The van der Waals surface area contributed by atoms with Gasteiger partial charge in [-0.05, 0) is 26.7 Å². The highest BCUT2D eigenvalue weighted by atomic mass is 16.3. The van der Waals surface area contributed by atoms with E-state index in [0.717, 1.165) is 19.3 Å². The molecule has 0 spiro atoms. The summed E-state index contributed by atoms with van der Waals surface area (Å²) in [5, 5.41) is 18.3. The molecule has 0 heterocycles. The highest BCUT2D eigenvalue weighted by Gasteiger charge is 2.48. The Morgan fingerprint density at radius 2 is 2.00 bits per heavy atom. The Morgan fingerprint density at radius 3 is 2.00 bits per heavy atom. The number of hydrogen-bond donors (Lipinski definition) is 1. The van der Waals surface area contributed by atoms with Crippen LogP contribution in [0.15, 0.2) is 0 Å². The standard InChI is InChI=1S/C8H13NO/c1-7(2,10)8(6-9)4-3-5-8/h10H,3-5H2,1-2H3. The van der Waals surface area contributed by atoms with Crippen molar-refractivity contribution in [2.24, 2.45) is 5.41 Å². The number of hydrogen-bond acceptors (Lipinski definition) is 2. The second-order valence-corrected chi connectivity index (χ2v) is 3.61. The van der Waals surface area contributed by atoms with E-state index in [2.05, 4.69) is 6.07 Å². The minimum absolute atomic E-state index is 0.438. The van der Waals surface area contributed by atoms with Crippen LogP contribution in [-0.2, 0) is 0 Å². The summed E-state index contributed by atoms with van der Waals surface area (Å²) in [5.74, 6) is 0. The summed E-state index contributed by atoms with van der Waals surface area (Å²) < 4.78 is 0. The van der Waals surface area contributed by atoms with Gasteiger partial charge in [-0.1, -0.05) is 6.42 Å². The molecule has 1 aliphatic carbocycles. The zero-order valence-electron chi connectivity index (χ0n) is 6.52. The average Bonchev–Trinajstić information content (AvgIpc) is 1.58. The maximum Gasteiger partial charge on any atom is 0.0854 e. The lowest BCUT2D eigenvalue weighted by molar-refractivity contribution is -0.0649. The third kappa shape index (κ3) is 0.819. The van der Waals surface area contributed by atoms with Crippen molar-refractivity contribution in [3.05, 3.63) is 0 Å². The van der Waals surface area contributed by atoms with Gasteiger partial charge in [-0.25, -0.2) is 0 Å². The van der Waals surface area contributed by atoms with Crippen LogP contribution in [0.5, 0.6) is 0 Å². The number of aliphatic hydroxyl groups is 1. The molecule has 1 fully saturated rings. The van der Waals surface area contributed by atoms with Crippen molar-refractivity contribution in [1.82, 2.24) is 0 Å². The Balaban J connectivity index is 2.77. The minimum Gasteiger partial charge on any atom is -0.389 e. The van der Waals surface area contributed by atoms with Gasteiger partial charge in [0, 0.05) is 0 Å². The molecule has 2 nitrogen and oxygen atoms in total. The summed E-state index contributed by atoms with van der Waals surface area (Å²) in [5.41, 5.74) is -1.26. The van der Waals surface area contributed by atoms with E-state index < -0.39 is 11.0 Å². The van der Waals surface area contributed by atoms with Gasteiger partial charge in [0.25, 0.3) is 0 Å². The molecule has 0 radical (unpaired) electrons. The van der Waals surface area contributed by atoms with Gasteiger partial charge in [0.1, 0.15) is 0 Å². The molecule has 10 heavy (non-hydrogen) atoms. The highest BCUT2D eigenvalue weighted by molar-refractivity contribution is 5.12. The molecule has 0 aromatic heterocycles. The topological polar surface area (TPSA) is 44.0 Å². The monoisotopic (exact) mass is 139 g/mol. The normalized spacial score (nSPS) is 23.0. The molecule has 0 aliphatic heterocycles. The number of nitrogens with zero attached hydrogens (tertiary/aromatic N) is 1. The smallest absolute Gasteiger partial charge is 0.0854 e. The van der Waals surface area contributed by atoms with E-state index in [-0.39, 0.29) is 0 Å². The zero-order valence-corrected chi connectivity index (χ0v) is 6.52. The van der Waals surface area contributed by atoms with Crippen molar-refractivity contribution >= 4 is 0 Å². The average molecular weight is 139 g/mol. The van der Waals surface area contributed by atoms with Crippen LogP contribution in [0.25, 0.3) is 0 Å². The van der Waals surface area contributed by atoms with Crippen LogP contribution < -0.4 is 0 Å². The molecule has 1 rings (SSSR count). The molecule has 0 bridgehead atoms. The van der Waals surface area contributed by atoms with Crippen molar-refractivity contribution < 1.29 is 5.11 Å². The van der Waals surface area contributed by atoms with Crippen LogP contribution >= 0.6 is 0 Å². The molecule has 0 aromatic carbocycles. The van der Waals surface area contributed by atoms with Crippen LogP contribution in [0.2, 0.25) is 0 Å². The molecule has 1 aliphatic rings. The third-order valence-electron chi connectivity index (χ3n) is 2.59. The molecule has 0 amide bonds. The minimum atomic E-state index is -0.819. The molecular formula is C8H13NO. The number of nitriles is 1. The first-order chi connectivity index (χ1) is 4.52. The predicted octanol–water partition coefficient (Wildman–Crippen LogP) is 1.45. The third-order valence-corrected chi connectivity index (χ3v) is 2.59. The van der Waals surface area contributed by atoms with Gasteiger partial charge in [0.2, 0.25) is 0 Å². The van der Waals surface area contributed by atoms with E-state index in [0.29, 0.717) is 0 Å². The van der Waals surface area contributed by atoms with Crippen molar-refractivity contribution in [2.45, 2.75) is 38.7 Å². The first kappa shape index (κ1) is 7.56. The van der Waals surface area contributed by atoms with E-state index >= 15 is 0 Å². The Hall–Kier alpha value is -0.550. The maximum absolute atomic E-state index is 9.57. The Kier molecular flexibility index (Phi) is 1.48. The second-order valence-electron chi connectivity index (χ2n) is 3.61. The van der Waals surface area contributed by atoms with Gasteiger partial charge < -0.3 is 5.11 Å². The summed E-state index contributed by atoms with van der Waals surface area (Å²) in [7, 11) is 0. The van der Waals surface area contributed by atoms with Gasteiger partial charge in [-0.2, -0.15) is 5.26 Å². The fraction of sp³-hybridized carbons (Fsp3) is 0.875. The number of rotatable bonds is 1. The van der Waals surface area contributed by atoms with Crippen molar-refractivity contribution in [3.63, 3.8) is 0 Å². The van der Waals surface area contributed by atoms with Crippen molar-refractivity contribution in [2.75, 3.05) is 0 Å². The molecule has 56 valence electrons. The highest BCUT2D eigenvalue weighted by Crippen LogP contribution is 2.48. The van der Waals surface area contributed by atoms with E-state index in [9.17, 15) is 5.11 Å². The molecule has 1 saturated carbocycles. The summed E-state index contributed by atoms with van der Waals surface area (Å²) in [6.45, 7) is 3.44. The van der Waals surface area contributed by atoms with E-state index in [1.54, 1.807) is 13.8 Å². The molecule has 0 saturated heterocycles. The predicted molar refractivity (Wildman–Crippen MR) is 38.2 cm³/mol. The summed E-state index contributed by atoms with van der Waals surface area (Å²) in [6, 6.07) is 2.20. The van der Waals surface area contributed by atoms with Gasteiger partial charge in [0.05, 0.1) is 17.1 Å². The molecular weight excluding hydrogens is 126 g/mol. The van der Waals surface area contributed by atoms with Crippen molar-refractivity contribution in [1.29, 1.82) is 5.26 Å². The van der Waals surface area contributed by atoms with Crippen molar-refractivity contribution in [3.8, 4) is 6.07 Å². The van der Waals surface area contributed by atoms with Gasteiger partial charge in [-0.3, -0.25) is 0 Å². The van der Waals surface area contributed by atoms with Crippen LogP contribution in [0, 0.1) is 16.7 Å². The van der Waals surface area contributed by atoms with E-state index in [1.807, 2.05) is 0 Å². The fourth-order valence-corrected chi connectivity index (χ4v) is 1.39. The van der Waals surface area contributed by atoms with Crippen LogP contribution in [0.3, 0.4) is 0 Å². The SMILES string of the molecule is CC(C)(O)C1(C#N)CCC1. The fourth-order valence-electron chi connectivity index (χ4n) is 1.39. The van der Waals surface area contributed by atoms with E-state index in [4.69, 9.17) is 5.26 Å². The molecule has 1 N–H and O–H groups in total. The lowest BCUT2D eigenvalue weighted by atomic mass is 9.61. The molecule has 0 aromatic rings. The summed E-state index contributed by atoms with van der Waals surface area (Å²) in [6.07, 6.45) is 2.79. The molecule has 0 atom stereocenters. The second kappa shape index (κ2) is 1.96. The maximum atomic E-state index is 9.57. The lowest BCUT2D eigenvalue weighted by Gasteiger charge is -2.44. The lowest BCUT2D eigenvalue weighted by Crippen LogP contribution is -2.47. The first-order valence-corrected chi connectivity index (χ1v) is 3.65. The molecule has 2 heteroatoms. The quantitative estimate of drug-likeness (QED) is 0.597. The largest absolute Gasteiger partial charge is 0.389 e. The van der Waals surface area contributed by atoms with Gasteiger partial charge >= 0.3 is 0 Å².